The molecule has 3 amide bonds. The standard InChI is InChI=1S/C22H32N4O4S/c27-19(28)8-11-23-22(30)25-12-9-15(10-13-25)20-24-18(14-31-20)21(29)26(17-6-7-17)16-4-2-1-3-5-16/h14-17H,1-13H2,(H,23,30)(H,27,28). The third-order valence-corrected chi connectivity index (χ3v) is 7.64. The summed E-state index contributed by atoms with van der Waals surface area (Å²) in [6, 6.07) is 0.577. The summed E-state index contributed by atoms with van der Waals surface area (Å²) in [7, 11) is 0. The third kappa shape index (κ3) is 5.56. The van der Waals surface area contributed by atoms with Crippen LogP contribution in [0, 0.1) is 0 Å². The largest absolute Gasteiger partial charge is 0.481 e. The zero-order valence-electron chi connectivity index (χ0n) is 17.9. The highest BCUT2D eigenvalue weighted by molar-refractivity contribution is 7.09. The van der Waals surface area contributed by atoms with Crippen LogP contribution in [-0.4, -0.2) is 69.5 Å². The molecule has 1 saturated heterocycles. The summed E-state index contributed by atoms with van der Waals surface area (Å²) in [5, 5.41) is 14.3. The number of hydrogen-bond donors (Lipinski definition) is 2. The molecular formula is C22H32N4O4S. The van der Waals surface area contributed by atoms with Gasteiger partial charge in [0.2, 0.25) is 0 Å². The van der Waals surface area contributed by atoms with Gasteiger partial charge in [0.05, 0.1) is 11.4 Å². The van der Waals surface area contributed by atoms with E-state index in [9.17, 15) is 14.4 Å². The summed E-state index contributed by atoms with van der Waals surface area (Å²) in [5.41, 5.74) is 0.589. The van der Waals surface area contributed by atoms with Crippen LogP contribution in [0.25, 0.3) is 0 Å². The van der Waals surface area contributed by atoms with Gasteiger partial charge in [-0.1, -0.05) is 19.3 Å². The van der Waals surface area contributed by atoms with Crippen LogP contribution in [0.3, 0.4) is 0 Å². The van der Waals surface area contributed by atoms with E-state index >= 15 is 0 Å². The molecule has 2 aliphatic carbocycles. The number of carbonyl (C=O) groups is 3. The predicted octanol–water partition coefficient (Wildman–Crippen LogP) is 3.44. The lowest BCUT2D eigenvalue weighted by atomic mass is 9.94. The molecule has 2 heterocycles. The van der Waals surface area contributed by atoms with Crippen molar-refractivity contribution in [3.8, 4) is 0 Å². The summed E-state index contributed by atoms with van der Waals surface area (Å²) in [5.74, 6) is -0.553. The van der Waals surface area contributed by atoms with Crippen LogP contribution >= 0.6 is 11.3 Å². The Morgan fingerprint density at radius 3 is 2.39 bits per heavy atom. The highest BCUT2D eigenvalue weighted by Gasteiger charge is 2.39. The van der Waals surface area contributed by atoms with Gasteiger partial charge >= 0.3 is 12.0 Å². The molecule has 2 saturated carbocycles. The van der Waals surface area contributed by atoms with E-state index in [0.29, 0.717) is 30.9 Å². The number of thiazole rings is 1. The van der Waals surface area contributed by atoms with Crippen molar-refractivity contribution >= 4 is 29.2 Å². The number of carboxylic acids is 1. The molecule has 0 bridgehead atoms. The Hall–Kier alpha value is -2.16. The molecule has 1 aromatic rings. The van der Waals surface area contributed by atoms with Crippen LogP contribution in [0.2, 0.25) is 0 Å². The first kappa shape index (κ1) is 22.0. The van der Waals surface area contributed by atoms with Crippen LogP contribution < -0.4 is 5.32 Å². The van der Waals surface area contributed by atoms with Crippen LogP contribution in [0.15, 0.2) is 5.38 Å². The molecule has 2 N–H and O–H groups in total. The van der Waals surface area contributed by atoms with E-state index in [1.807, 2.05) is 5.38 Å². The average molecular weight is 449 g/mol. The smallest absolute Gasteiger partial charge is 0.317 e. The van der Waals surface area contributed by atoms with Gasteiger partial charge in [0, 0.05) is 43.0 Å². The van der Waals surface area contributed by atoms with Crippen molar-refractivity contribution in [3.05, 3.63) is 16.1 Å². The highest BCUT2D eigenvalue weighted by Crippen LogP contribution is 2.36. The number of urea groups is 1. The van der Waals surface area contributed by atoms with Crippen LogP contribution in [0.1, 0.15) is 85.6 Å². The second kappa shape index (κ2) is 9.97. The fraction of sp³-hybridized carbons (Fsp3) is 0.727. The SMILES string of the molecule is O=C(O)CCNC(=O)N1CCC(c2nc(C(=O)N(C3CCCCC3)C3CC3)cs2)CC1. The van der Waals surface area contributed by atoms with E-state index in [2.05, 4.69) is 10.2 Å². The number of rotatable bonds is 7. The summed E-state index contributed by atoms with van der Waals surface area (Å²) in [6.45, 7) is 1.37. The summed E-state index contributed by atoms with van der Waals surface area (Å²) < 4.78 is 0. The molecular weight excluding hydrogens is 416 g/mol. The number of piperidine rings is 1. The molecule has 1 aromatic heterocycles. The fourth-order valence-corrected chi connectivity index (χ4v) is 5.73. The average Bonchev–Trinajstić information content (AvgIpc) is 3.48. The van der Waals surface area contributed by atoms with Crippen LogP contribution in [-0.2, 0) is 4.79 Å². The number of nitrogens with zero attached hydrogens (tertiary/aromatic N) is 3. The molecule has 3 fully saturated rings. The van der Waals surface area contributed by atoms with Crippen molar-refractivity contribution in [2.24, 2.45) is 0 Å². The minimum absolute atomic E-state index is 0.0726. The monoisotopic (exact) mass is 448 g/mol. The van der Waals surface area contributed by atoms with Gasteiger partial charge in [0.25, 0.3) is 5.91 Å². The Morgan fingerprint density at radius 1 is 1.06 bits per heavy atom. The van der Waals surface area contributed by atoms with Gasteiger partial charge < -0.3 is 20.2 Å². The number of likely N-dealkylation sites (tertiary alicyclic amines) is 1. The molecule has 170 valence electrons. The molecule has 31 heavy (non-hydrogen) atoms. The second-order valence-corrected chi connectivity index (χ2v) is 9.83. The number of carbonyl (C=O) groups excluding carboxylic acids is 2. The van der Waals surface area contributed by atoms with Crippen molar-refractivity contribution < 1.29 is 19.5 Å². The summed E-state index contributed by atoms with van der Waals surface area (Å²) in [6.07, 6.45) is 9.72. The first-order chi connectivity index (χ1) is 15.0. The highest BCUT2D eigenvalue weighted by atomic mass is 32.1. The third-order valence-electron chi connectivity index (χ3n) is 6.63. The van der Waals surface area contributed by atoms with Crippen LogP contribution in [0.5, 0.6) is 0 Å². The van der Waals surface area contributed by atoms with Gasteiger partial charge in [-0.05, 0) is 38.5 Å². The van der Waals surface area contributed by atoms with Crippen molar-refractivity contribution in [2.45, 2.75) is 82.2 Å². The first-order valence-electron chi connectivity index (χ1n) is 11.6. The first-order valence-corrected chi connectivity index (χ1v) is 12.4. The number of nitrogens with one attached hydrogen (secondary N) is 1. The maximum atomic E-state index is 13.3. The summed E-state index contributed by atoms with van der Waals surface area (Å²) >= 11 is 1.56. The number of aliphatic carboxylic acids is 1. The molecule has 1 aliphatic heterocycles. The second-order valence-electron chi connectivity index (χ2n) is 8.94. The van der Waals surface area contributed by atoms with Crippen molar-refractivity contribution in [2.75, 3.05) is 19.6 Å². The number of carboxylic acid groups (broad SMARTS) is 1. The quantitative estimate of drug-likeness (QED) is 0.665. The molecule has 0 radical (unpaired) electrons. The molecule has 0 atom stereocenters. The minimum atomic E-state index is -0.920. The molecule has 0 aromatic carbocycles. The van der Waals surface area contributed by atoms with Gasteiger partial charge in [-0.25, -0.2) is 9.78 Å². The number of aromatic nitrogens is 1. The fourth-order valence-electron chi connectivity index (χ4n) is 4.77. The Bertz CT molecular complexity index is 795. The van der Waals surface area contributed by atoms with E-state index in [0.717, 1.165) is 43.5 Å². The van der Waals surface area contributed by atoms with Gasteiger partial charge in [0.15, 0.2) is 0 Å². The van der Waals surface area contributed by atoms with E-state index in [1.54, 1.807) is 16.2 Å². The lowest BCUT2D eigenvalue weighted by Gasteiger charge is -2.34. The molecule has 8 nitrogen and oxygen atoms in total. The summed E-state index contributed by atoms with van der Waals surface area (Å²) in [4.78, 5) is 44.6. The number of amides is 3. The van der Waals surface area contributed by atoms with Gasteiger partial charge in [-0.15, -0.1) is 11.3 Å². The maximum absolute atomic E-state index is 13.3. The lowest BCUT2D eigenvalue weighted by Crippen LogP contribution is -2.44. The molecule has 9 heteroatoms. The molecule has 0 unspecified atom stereocenters. The number of hydrogen-bond acceptors (Lipinski definition) is 5. The lowest BCUT2D eigenvalue weighted by molar-refractivity contribution is -0.136. The molecule has 4 rings (SSSR count). The van der Waals surface area contributed by atoms with Crippen molar-refractivity contribution in [1.82, 2.24) is 20.1 Å². The Balaban J connectivity index is 1.31. The van der Waals surface area contributed by atoms with Gasteiger partial charge in [0.1, 0.15) is 5.69 Å². The van der Waals surface area contributed by atoms with E-state index in [4.69, 9.17) is 10.1 Å². The normalized spacial score (nSPS) is 20.5. The predicted molar refractivity (Wildman–Crippen MR) is 117 cm³/mol. The Morgan fingerprint density at radius 2 is 1.74 bits per heavy atom. The molecule has 3 aliphatic rings. The zero-order chi connectivity index (χ0) is 21.8. The van der Waals surface area contributed by atoms with Crippen molar-refractivity contribution in [3.63, 3.8) is 0 Å². The van der Waals surface area contributed by atoms with E-state index < -0.39 is 5.97 Å². The van der Waals surface area contributed by atoms with Crippen LogP contribution in [0.4, 0.5) is 4.79 Å². The molecule has 0 spiro atoms. The Labute approximate surface area is 187 Å². The van der Waals surface area contributed by atoms with E-state index in [-0.39, 0.29) is 30.8 Å². The van der Waals surface area contributed by atoms with E-state index in [1.165, 1.54) is 19.3 Å². The Kier molecular flexibility index (Phi) is 7.09. The zero-order valence-corrected chi connectivity index (χ0v) is 18.7. The topological polar surface area (TPSA) is 103 Å². The van der Waals surface area contributed by atoms with Gasteiger partial charge in [-0.2, -0.15) is 0 Å². The van der Waals surface area contributed by atoms with Crippen molar-refractivity contribution in [1.29, 1.82) is 0 Å². The minimum Gasteiger partial charge on any atom is -0.481 e. The van der Waals surface area contributed by atoms with Gasteiger partial charge in [-0.3, -0.25) is 9.59 Å². The maximum Gasteiger partial charge on any atom is 0.317 e.